The van der Waals surface area contributed by atoms with Gasteiger partial charge in [0.1, 0.15) is 0 Å². The Hall–Kier alpha value is -2.66. The lowest BCUT2D eigenvalue weighted by Crippen LogP contribution is -2.48. The minimum absolute atomic E-state index is 0.213. The highest BCUT2D eigenvalue weighted by atomic mass is 35.5. The minimum Gasteiger partial charge on any atom is -0.490 e. The van der Waals surface area contributed by atoms with Crippen molar-refractivity contribution in [1.82, 2.24) is 19.3 Å². The molecule has 5 rings (SSSR count). The first-order chi connectivity index (χ1) is 16.0. The smallest absolute Gasteiger partial charge is 0.243 e. The Kier molecular flexibility index (Phi) is 6.24. The number of rotatable bonds is 5. The van der Waals surface area contributed by atoms with Crippen molar-refractivity contribution < 1.29 is 22.4 Å². The molecule has 2 aliphatic rings. The Labute approximate surface area is 196 Å². The molecule has 0 bridgehead atoms. The number of piperazine rings is 1. The van der Waals surface area contributed by atoms with E-state index in [1.807, 2.05) is 12.1 Å². The van der Waals surface area contributed by atoms with Gasteiger partial charge in [-0.2, -0.15) is 9.29 Å². The van der Waals surface area contributed by atoms with E-state index in [2.05, 4.69) is 15.0 Å². The Morgan fingerprint density at radius 3 is 2.42 bits per heavy atom. The highest BCUT2D eigenvalue weighted by Crippen LogP contribution is 2.33. The second kappa shape index (κ2) is 9.30. The monoisotopic (exact) mass is 490 g/mol. The van der Waals surface area contributed by atoms with Crippen LogP contribution in [0.3, 0.4) is 0 Å². The molecule has 3 aromatic rings. The van der Waals surface area contributed by atoms with Gasteiger partial charge in [-0.25, -0.2) is 8.42 Å². The lowest BCUT2D eigenvalue weighted by Gasteiger charge is -2.33. The van der Waals surface area contributed by atoms with Crippen LogP contribution < -0.4 is 9.47 Å². The summed E-state index contributed by atoms with van der Waals surface area (Å²) in [5.74, 6) is 2.03. The average Bonchev–Trinajstić information content (AvgIpc) is 3.15. The third-order valence-electron chi connectivity index (χ3n) is 5.62. The molecule has 0 unspecified atom stereocenters. The topological polar surface area (TPSA) is 98.0 Å². The van der Waals surface area contributed by atoms with Crippen LogP contribution in [0.5, 0.6) is 11.5 Å². The van der Waals surface area contributed by atoms with Gasteiger partial charge >= 0.3 is 0 Å². The van der Waals surface area contributed by atoms with Gasteiger partial charge in [0.15, 0.2) is 11.5 Å². The number of sulfonamides is 1. The van der Waals surface area contributed by atoms with Gasteiger partial charge in [-0.3, -0.25) is 4.90 Å². The number of hydrogen-bond acceptors (Lipinski definition) is 8. The zero-order valence-corrected chi connectivity index (χ0v) is 19.4. The van der Waals surface area contributed by atoms with E-state index >= 15 is 0 Å². The molecule has 1 aromatic heterocycles. The van der Waals surface area contributed by atoms with E-state index in [0.29, 0.717) is 74.2 Å². The van der Waals surface area contributed by atoms with Crippen molar-refractivity contribution in [1.29, 1.82) is 0 Å². The van der Waals surface area contributed by atoms with E-state index in [-0.39, 0.29) is 4.90 Å². The van der Waals surface area contributed by atoms with E-state index < -0.39 is 10.0 Å². The molecule has 0 aliphatic carbocycles. The summed E-state index contributed by atoms with van der Waals surface area (Å²) in [6.45, 7) is 3.38. The molecule has 33 heavy (non-hydrogen) atoms. The maximum atomic E-state index is 13.2. The maximum Gasteiger partial charge on any atom is 0.243 e. The minimum atomic E-state index is -3.63. The van der Waals surface area contributed by atoms with Crippen molar-refractivity contribution in [3.05, 3.63) is 53.4 Å². The molecule has 1 saturated heterocycles. The number of fused-ring (bicyclic) bond motifs is 1. The molecule has 0 N–H and O–H groups in total. The fourth-order valence-corrected chi connectivity index (χ4v) is 5.37. The predicted octanol–water partition coefficient (Wildman–Crippen LogP) is 3.06. The molecule has 2 aliphatic heterocycles. The normalized spacial score (nSPS) is 17.6. The Balaban J connectivity index is 1.21. The largest absolute Gasteiger partial charge is 0.490 e. The molecule has 0 saturated carbocycles. The Morgan fingerprint density at radius 1 is 0.939 bits per heavy atom. The zero-order chi connectivity index (χ0) is 22.8. The van der Waals surface area contributed by atoms with E-state index in [4.69, 9.17) is 25.6 Å². The van der Waals surface area contributed by atoms with Crippen LogP contribution in [0.25, 0.3) is 11.4 Å². The van der Waals surface area contributed by atoms with Crippen LogP contribution in [0.4, 0.5) is 0 Å². The zero-order valence-electron chi connectivity index (χ0n) is 17.8. The van der Waals surface area contributed by atoms with E-state index in [1.165, 1.54) is 4.31 Å². The molecule has 3 heterocycles. The summed E-state index contributed by atoms with van der Waals surface area (Å²) in [6, 6.07) is 12.0. The molecule has 11 heteroatoms. The summed E-state index contributed by atoms with van der Waals surface area (Å²) in [7, 11) is -3.63. The van der Waals surface area contributed by atoms with Crippen molar-refractivity contribution in [2.24, 2.45) is 0 Å². The number of hydrogen-bond donors (Lipinski definition) is 0. The third kappa shape index (κ3) is 4.84. The van der Waals surface area contributed by atoms with Gasteiger partial charge in [-0.1, -0.05) is 16.8 Å². The summed E-state index contributed by atoms with van der Waals surface area (Å²) >= 11 is 5.92. The van der Waals surface area contributed by atoms with Gasteiger partial charge in [0.2, 0.25) is 21.7 Å². The summed E-state index contributed by atoms with van der Waals surface area (Å²) in [5, 5.41) is 4.67. The van der Waals surface area contributed by atoms with E-state index in [1.54, 1.807) is 30.3 Å². The van der Waals surface area contributed by atoms with Gasteiger partial charge in [0, 0.05) is 49.3 Å². The van der Waals surface area contributed by atoms with Crippen LogP contribution in [0.1, 0.15) is 12.3 Å². The molecule has 1 fully saturated rings. The number of aromatic nitrogens is 2. The van der Waals surface area contributed by atoms with Gasteiger partial charge in [0.05, 0.1) is 24.7 Å². The lowest BCUT2D eigenvalue weighted by atomic mass is 10.2. The van der Waals surface area contributed by atoms with Gasteiger partial charge in [-0.05, 0) is 36.4 Å². The number of nitrogens with zero attached hydrogens (tertiary/aromatic N) is 4. The van der Waals surface area contributed by atoms with Gasteiger partial charge in [0.25, 0.3) is 0 Å². The number of halogens is 1. The number of ether oxygens (including phenoxy) is 2. The fraction of sp³-hybridized carbons (Fsp3) is 0.364. The Morgan fingerprint density at radius 2 is 1.67 bits per heavy atom. The Bertz CT molecular complexity index is 1220. The highest BCUT2D eigenvalue weighted by molar-refractivity contribution is 7.89. The molecule has 0 spiro atoms. The fourth-order valence-electron chi connectivity index (χ4n) is 3.81. The third-order valence-corrected chi connectivity index (χ3v) is 7.76. The first-order valence-electron chi connectivity index (χ1n) is 10.7. The van der Waals surface area contributed by atoms with Crippen molar-refractivity contribution in [3.8, 4) is 22.9 Å². The standard InChI is InChI=1S/C22H23ClN4O5S/c23-17-4-2-16(3-5-17)22-24-21(32-25-22)15-26-8-10-27(11-9-26)33(28,29)18-6-7-19-20(14-18)31-13-1-12-30-19/h2-7,14H,1,8-13,15H2. The van der Waals surface area contributed by atoms with Gasteiger partial charge in [-0.15, -0.1) is 0 Å². The highest BCUT2D eigenvalue weighted by Gasteiger charge is 2.30. The molecule has 0 atom stereocenters. The molecule has 0 radical (unpaired) electrons. The molecule has 174 valence electrons. The first-order valence-corrected chi connectivity index (χ1v) is 12.5. The molecular weight excluding hydrogens is 468 g/mol. The average molecular weight is 491 g/mol. The van der Waals surface area contributed by atoms with Crippen molar-refractivity contribution in [2.45, 2.75) is 17.9 Å². The molecular formula is C22H23ClN4O5S. The predicted molar refractivity (Wildman–Crippen MR) is 121 cm³/mol. The summed E-state index contributed by atoms with van der Waals surface area (Å²) in [4.78, 5) is 6.76. The van der Waals surface area contributed by atoms with Crippen LogP contribution in [0, 0.1) is 0 Å². The maximum absolute atomic E-state index is 13.2. The second-order valence-electron chi connectivity index (χ2n) is 7.86. The van der Waals surface area contributed by atoms with E-state index in [9.17, 15) is 8.42 Å². The van der Waals surface area contributed by atoms with Crippen LogP contribution >= 0.6 is 11.6 Å². The summed E-state index contributed by atoms with van der Waals surface area (Å²) < 4.78 is 44.5. The van der Waals surface area contributed by atoms with E-state index in [0.717, 1.165) is 12.0 Å². The quantitative estimate of drug-likeness (QED) is 0.538. The van der Waals surface area contributed by atoms with Crippen LogP contribution in [0.15, 0.2) is 51.9 Å². The second-order valence-corrected chi connectivity index (χ2v) is 10.2. The summed E-state index contributed by atoms with van der Waals surface area (Å²) in [6.07, 6.45) is 0.764. The van der Waals surface area contributed by atoms with Crippen molar-refractivity contribution in [3.63, 3.8) is 0 Å². The van der Waals surface area contributed by atoms with Crippen LogP contribution in [-0.4, -0.2) is 67.2 Å². The van der Waals surface area contributed by atoms with Crippen molar-refractivity contribution in [2.75, 3.05) is 39.4 Å². The van der Waals surface area contributed by atoms with Gasteiger partial charge < -0.3 is 14.0 Å². The molecule has 2 aromatic carbocycles. The molecule has 0 amide bonds. The molecule has 9 nitrogen and oxygen atoms in total. The summed E-state index contributed by atoms with van der Waals surface area (Å²) in [5.41, 5.74) is 0.820. The number of benzene rings is 2. The first kappa shape index (κ1) is 22.1. The van der Waals surface area contributed by atoms with Crippen LogP contribution in [-0.2, 0) is 16.6 Å². The van der Waals surface area contributed by atoms with Crippen LogP contribution in [0.2, 0.25) is 5.02 Å². The van der Waals surface area contributed by atoms with Crippen molar-refractivity contribution >= 4 is 21.6 Å². The lowest BCUT2D eigenvalue weighted by molar-refractivity contribution is 0.163. The SMILES string of the molecule is O=S(=O)(c1ccc2c(c1)OCCCO2)N1CCN(Cc2nc(-c3ccc(Cl)cc3)no2)CC1.